The molecule has 0 unspecified atom stereocenters. The lowest BCUT2D eigenvalue weighted by Gasteiger charge is -1.91. The van der Waals surface area contributed by atoms with Crippen molar-refractivity contribution >= 4 is 23.5 Å². The summed E-state index contributed by atoms with van der Waals surface area (Å²) in [6, 6.07) is 0. The summed E-state index contributed by atoms with van der Waals surface area (Å²) >= 11 is 0.682. The molecule has 0 bridgehead atoms. The number of carboxylic acid groups (broad SMARTS) is 2. The first-order valence-corrected chi connectivity index (χ1v) is 3.74. The number of aromatic carboxylic acids is 2. The molecule has 0 atom stereocenters. The van der Waals surface area contributed by atoms with Crippen LogP contribution in [-0.2, 0) is 0 Å². The second-order valence-corrected chi connectivity index (χ2v) is 2.86. The topological polar surface area (TPSA) is 87.5 Å². The summed E-state index contributed by atoms with van der Waals surface area (Å²) in [5.74, 6) is -2.50. The van der Waals surface area contributed by atoms with Gasteiger partial charge >= 0.3 is 11.9 Å². The van der Waals surface area contributed by atoms with Crippen molar-refractivity contribution in [1.29, 1.82) is 0 Å². The van der Waals surface area contributed by atoms with Crippen LogP contribution in [0.2, 0.25) is 0 Å². The molecule has 6 heteroatoms. The summed E-state index contributed by atoms with van der Waals surface area (Å²) in [5.41, 5.74) is 0.0254. The van der Waals surface area contributed by atoms with Crippen molar-refractivity contribution in [3.63, 3.8) is 0 Å². The van der Waals surface area contributed by atoms with Gasteiger partial charge < -0.3 is 10.2 Å². The van der Waals surface area contributed by atoms with Gasteiger partial charge in [-0.1, -0.05) is 0 Å². The lowest BCUT2D eigenvalue weighted by Crippen LogP contribution is -2.05. The molecule has 0 fully saturated rings. The summed E-state index contributed by atoms with van der Waals surface area (Å²) in [6.45, 7) is 1.46. The molecule has 1 heterocycles. The Kier molecular flexibility index (Phi) is 2.09. The zero-order chi connectivity index (χ0) is 9.30. The molecule has 0 amide bonds. The van der Waals surface area contributed by atoms with Crippen LogP contribution in [0.5, 0.6) is 0 Å². The lowest BCUT2D eigenvalue weighted by atomic mass is 10.2. The maximum atomic E-state index is 10.5. The van der Waals surface area contributed by atoms with Crippen LogP contribution in [0.3, 0.4) is 0 Å². The van der Waals surface area contributed by atoms with Crippen molar-refractivity contribution in [3.05, 3.63) is 16.1 Å². The first kappa shape index (κ1) is 8.66. The van der Waals surface area contributed by atoms with Gasteiger partial charge in [0, 0.05) is 0 Å². The summed E-state index contributed by atoms with van der Waals surface area (Å²) in [6.07, 6.45) is 0. The molecule has 0 saturated carbocycles. The Balaban J connectivity index is 3.31. The van der Waals surface area contributed by atoms with Gasteiger partial charge in [0.15, 0.2) is 0 Å². The van der Waals surface area contributed by atoms with Crippen molar-refractivity contribution in [2.24, 2.45) is 0 Å². The minimum atomic E-state index is -1.25. The highest BCUT2D eigenvalue weighted by Gasteiger charge is 2.21. The highest BCUT2D eigenvalue weighted by molar-refractivity contribution is 7.08. The average molecular weight is 187 g/mol. The SMILES string of the molecule is Cc1nsc(C(=O)O)c1C(=O)O. The minimum absolute atomic E-state index is 0.215. The summed E-state index contributed by atoms with van der Waals surface area (Å²) < 4.78 is 3.64. The Labute approximate surface area is 71.4 Å². The van der Waals surface area contributed by atoms with Crippen molar-refractivity contribution < 1.29 is 19.8 Å². The summed E-state index contributed by atoms with van der Waals surface area (Å²) in [4.78, 5) is 20.7. The van der Waals surface area contributed by atoms with Gasteiger partial charge in [-0.3, -0.25) is 0 Å². The molecule has 1 rings (SSSR count). The monoisotopic (exact) mass is 187 g/mol. The zero-order valence-electron chi connectivity index (χ0n) is 6.07. The average Bonchev–Trinajstić information content (AvgIpc) is 2.30. The summed E-state index contributed by atoms with van der Waals surface area (Å²) in [7, 11) is 0. The largest absolute Gasteiger partial charge is 0.478 e. The molecule has 5 nitrogen and oxygen atoms in total. The molecule has 0 aliphatic carbocycles. The highest BCUT2D eigenvalue weighted by Crippen LogP contribution is 2.17. The second-order valence-electron chi connectivity index (χ2n) is 2.08. The second kappa shape index (κ2) is 2.90. The number of carbonyl (C=O) groups is 2. The molecule has 0 aliphatic rings. The maximum Gasteiger partial charge on any atom is 0.348 e. The van der Waals surface area contributed by atoms with Crippen molar-refractivity contribution in [1.82, 2.24) is 4.37 Å². The molecule has 0 saturated heterocycles. The van der Waals surface area contributed by atoms with E-state index in [0.717, 1.165) is 0 Å². The number of carboxylic acids is 2. The molecule has 0 spiro atoms. The van der Waals surface area contributed by atoms with E-state index >= 15 is 0 Å². The molecule has 1 aromatic heterocycles. The fourth-order valence-corrected chi connectivity index (χ4v) is 1.49. The molecular formula is C6H5NO4S. The van der Waals surface area contributed by atoms with E-state index in [0.29, 0.717) is 11.5 Å². The Morgan fingerprint density at radius 3 is 2.25 bits per heavy atom. The van der Waals surface area contributed by atoms with Crippen LogP contribution in [0, 0.1) is 6.92 Å². The van der Waals surface area contributed by atoms with Crippen LogP contribution >= 0.6 is 11.5 Å². The number of aromatic nitrogens is 1. The Morgan fingerprint density at radius 2 is 1.92 bits per heavy atom. The summed E-state index contributed by atoms with van der Waals surface area (Å²) in [5, 5.41) is 17.1. The number of hydrogen-bond acceptors (Lipinski definition) is 4. The molecule has 0 aliphatic heterocycles. The van der Waals surface area contributed by atoms with E-state index in [1.165, 1.54) is 6.92 Å². The Hall–Kier alpha value is -1.43. The van der Waals surface area contributed by atoms with Crippen LogP contribution < -0.4 is 0 Å². The van der Waals surface area contributed by atoms with E-state index in [-0.39, 0.29) is 16.1 Å². The number of aryl methyl sites for hydroxylation is 1. The molecule has 2 N–H and O–H groups in total. The normalized spacial score (nSPS) is 9.75. The van der Waals surface area contributed by atoms with E-state index in [2.05, 4.69) is 4.37 Å². The Bertz CT molecular complexity index is 343. The number of nitrogens with zero attached hydrogens (tertiary/aromatic N) is 1. The van der Waals surface area contributed by atoms with Crippen molar-refractivity contribution in [2.45, 2.75) is 6.92 Å². The molecule has 64 valence electrons. The van der Waals surface area contributed by atoms with Crippen LogP contribution in [0.15, 0.2) is 0 Å². The number of rotatable bonds is 2. The third-order valence-corrected chi connectivity index (χ3v) is 2.20. The maximum absolute atomic E-state index is 10.5. The van der Waals surface area contributed by atoms with Gasteiger partial charge in [-0.05, 0) is 18.5 Å². The predicted octanol–water partition coefficient (Wildman–Crippen LogP) is 0.848. The quantitative estimate of drug-likeness (QED) is 0.716. The van der Waals surface area contributed by atoms with Gasteiger partial charge in [0.2, 0.25) is 0 Å². The van der Waals surface area contributed by atoms with Gasteiger partial charge in [0.25, 0.3) is 0 Å². The van der Waals surface area contributed by atoms with Crippen LogP contribution in [0.25, 0.3) is 0 Å². The fraction of sp³-hybridized carbons (Fsp3) is 0.167. The van der Waals surface area contributed by atoms with E-state index < -0.39 is 11.9 Å². The van der Waals surface area contributed by atoms with Crippen LogP contribution in [0.1, 0.15) is 25.7 Å². The minimum Gasteiger partial charge on any atom is -0.478 e. The first-order chi connectivity index (χ1) is 5.54. The zero-order valence-corrected chi connectivity index (χ0v) is 6.88. The van der Waals surface area contributed by atoms with Crippen molar-refractivity contribution in [3.8, 4) is 0 Å². The third kappa shape index (κ3) is 1.28. The predicted molar refractivity (Wildman–Crippen MR) is 40.8 cm³/mol. The standard InChI is InChI=1S/C6H5NO4S/c1-2-3(5(8)9)4(6(10)11)12-7-2/h1H3,(H,8,9)(H,10,11). The molecule has 0 aromatic carbocycles. The van der Waals surface area contributed by atoms with E-state index in [9.17, 15) is 9.59 Å². The van der Waals surface area contributed by atoms with Crippen LogP contribution in [-0.4, -0.2) is 26.5 Å². The van der Waals surface area contributed by atoms with Crippen LogP contribution in [0.4, 0.5) is 0 Å². The lowest BCUT2D eigenvalue weighted by molar-refractivity contribution is 0.0655. The van der Waals surface area contributed by atoms with E-state index in [4.69, 9.17) is 10.2 Å². The first-order valence-electron chi connectivity index (χ1n) is 2.97. The van der Waals surface area contributed by atoms with Gasteiger partial charge in [-0.2, -0.15) is 4.37 Å². The highest BCUT2D eigenvalue weighted by atomic mass is 32.1. The van der Waals surface area contributed by atoms with E-state index in [1.54, 1.807) is 0 Å². The van der Waals surface area contributed by atoms with Gasteiger partial charge in [-0.15, -0.1) is 0 Å². The van der Waals surface area contributed by atoms with E-state index in [1.807, 2.05) is 0 Å². The molecule has 0 radical (unpaired) electrons. The smallest absolute Gasteiger partial charge is 0.348 e. The van der Waals surface area contributed by atoms with Crippen molar-refractivity contribution in [2.75, 3.05) is 0 Å². The fourth-order valence-electron chi connectivity index (χ4n) is 0.768. The Morgan fingerprint density at radius 1 is 1.33 bits per heavy atom. The molecule has 12 heavy (non-hydrogen) atoms. The third-order valence-electron chi connectivity index (χ3n) is 1.27. The molecular weight excluding hydrogens is 182 g/mol. The van der Waals surface area contributed by atoms with Gasteiger partial charge in [0.1, 0.15) is 10.4 Å². The number of hydrogen-bond donors (Lipinski definition) is 2. The van der Waals surface area contributed by atoms with Gasteiger partial charge in [0.05, 0.1) is 5.69 Å². The van der Waals surface area contributed by atoms with Gasteiger partial charge in [-0.25, -0.2) is 9.59 Å². The molecule has 1 aromatic rings.